The number of halogens is 2. The molecule has 0 saturated heterocycles. The van der Waals surface area contributed by atoms with Gasteiger partial charge in [-0.1, -0.05) is 0 Å². The fourth-order valence-electron chi connectivity index (χ4n) is 0.891. The first-order chi connectivity index (χ1) is 5.04. The lowest BCUT2D eigenvalue weighted by Gasteiger charge is -2.02. The van der Waals surface area contributed by atoms with Crippen LogP contribution in [0.3, 0.4) is 0 Å². The van der Waals surface area contributed by atoms with Crippen molar-refractivity contribution in [3.8, 4) is 0 Å². The van der Waals surface area contributed by atoms with Crippen molar-refractivity contribution in [2.75, 3.05) is 5.73 Å². The quantitative estimate of drug-likeness (QED) is 0.778. The fraction of sp³-hybridized carbons (Fsp3) is 0.286. The first kappa shape index (κ1) is 9.00. The Kier molecular flexibility index (Phi) is 2.54. The van der Waals surface area contributed by atoms with E-state index in [1.54, 1.807) is 0 Å². The van der Waals surface area contributed by atoms with E-state index in [1.807, 2.05) is 13.8 Å². The van der Waals surface area contributed by atoms with E-state index in [-0.39, 0.29) is 0 Å². The number of hydrogen-bond donors (Lipinski definition) is 1. The molecule has 1 aromatic rings. The van der Waals surface area contributed by atoms with Crippen LogP contribution in [0, 0.1) is 13.8 Å². The number of aromatic amines is 1. The Balaban J connectivity index is 3.46. The van der Waals surface area contributed by atoms with Gasteiger partial charge in [-0.25, -0.2) is 4.98 Å². The Morgan fingerprint density at radius 3 is 2.27 bits per heavy atom. The molecule has 60 valence electrons. The van der Waals surface area contributed by atoms with Crippen LogP contribution in [0.15, 0.2) is 8.95 Å². The third kappa shape index (κ3) is 1.56. The van der Waals surface area contributed by atoms with E-state index in [2.05, 4.69) is 36.8 Å². The van der Waals surface area contributed by atoms with Crippen molar-refractivity contribution in [3.05, 3.63) is 20.2 Å². The molecule has 0 aromatic carbocycles. The predicted molar refractivity (Wildman–Crippen MR) is 52.3 cm³/mol. The molecule has 0 aliphatic heterocycles. The fourth-order valence-corrected chi connectivity index (χ4v) is 1.75. The molecule has 3 N–H and O–H groups in total. The second-order valence-electron chi connectivity index (χ2n) is 2.42. The van der Waals surface area contributed by atoms with Crippen molar-refractivity contribution >= 4 is 37.7 Å². The molecule has 0 atom stereocenters. The lowest BCUT2D eigenvalue weighted by atomic mass is 10.2. The van der Waals surface area contributed by atoms with Crippen molar-refractivity contribution in [1.82, 2.24) is 0 Å². The number of anilines is 1. The van der Waals surface area contributed by atoms with Crippen LogP contribution in [0.1, 0.15) is 11.3 Å². The van der Waals surface area contributed by atoms with E-state index in [9.17, 15) is 0 Å². The molecule has 0 fully saturated rings. The Labute approximate surface area is 82.5 Å². The summed E-state index contributed by atoms with van der Waals surface area (Å²) in [5.74, 6) is 0.670. The Bertz CT molecular complexity index is 271. The first-order valence-corrected chi connectivity index (χ1v) is 4.75. The highest BCUT2D eigenvalue weighted by Crippen LogP contribution is 2.27. The van der Waals surface area contributed by atoms with Gasteiger partial charge in [0.25, 0.3) is 5.82 Å². The van der Waals surface area contributed by atoms with Gasteiger partial charge in [-0.2, -0.15) is 0 Å². The molecule has 0 radical (unpaired) electrons. The van der Waals surface area contributed by atoms with Gasteiger partial charge < -0.3 is 0 Å². The van der Waals surface area contributed by atoms with Crippen molar-refractivity contribution in [2.45, 2.75) is 13.8 Å². The van der Waals surface area contributed by atoms with E-state index in [0.29, 0.717) is 5.82 Å². The average Bonchev–Trinajstić information content (AvgIpc) is 1.97. The van der Waals surface area contributed by atoms with Crippen LogP contribution in [0.4, 0.5) is 5.82 Å². The van der Waals surface area contributed by atoms with Gasteiger partial charge in [0.05, 0.1) is 4.47 Å². The van der Waals surface area contributed by atoms with E-state index < -0.39 is 0 Å². The number of pyridine rings is 1. The van der Waals surface area contributed by atoms with Crippen LogP contribution in [0.5, 0.6) is 0 Å². The molecule has 4 heteroatoms. The molecule has 0 unspecified atom stereocenters. The van der Waals surface area contributed by atoms with Crippen LogP contribution in [0.25, 0.3) is 0 Å². The van der Waals surface area contributed by atoms with Gasteiger partial charge in [0.2, 0.25) is 0 Å². The zero-order valence-corrected chi connectivity index (χ0v) is 9.51. The molecular weight excluding hydrogens is 272 g/mol. The highest BCUT2D eigenvalue weighted by molar-refractivity contribution is 9.11. The smallest absolute Gasteiger partial charge is 0.285 e. The van der Waals surface area contributed by atoms with E-state index in [0.717, 1.165) is 20.2 Å². The maximum absolute atomic E-state index is 5.67. The second-order valence-corrected chi connectivity index (χ2v) is 4.00. The molecule has 0 saturated carbocycles. The molecule has 2 nitrogen and oxygen atoms in total. The minimum Gasteiger partial charge on any atom is -0.286 e. The molecule has 1 heterocycles. The number of aromatic nitrogens is 1. The maximum Gasteiger partial charge on any atom is 0.285 e. The first-order valence-electron chi connectivity index (χ1n) is 3.17. The largest absolute Gasteiger partial charge is 0.286 e. The SMILES string of the molecule is Cc1[nH+]c(N)c(Br)c(C)c1Br. The summed E-state index contributed by atoms with van der Waals surface area (Å²) in [6.07, 6.45) is 0. The number of nitrogens with one attached hydrogen (secondary N) is 1. The number of H-pyrrole nitrogens is 1. The van der Waals surface area contributed by atoms with Crippen molar-refractivity contribution in [1.29, 1.82) is 0 Å². The monoisotopic (exact) mass is 279 g/mol. The standard InChI is InChI=1S/C7H8Br2N2/c1-3-5(8)4(2)11-7(10)6(3)9/h1-2H3,(H2,10,11)/p+1. The molecule has 1 aromatic heterocycles. The Morgan fingerprint density at radius 1 is 1.18 bits per heavy atom. The molecule has 0 aliphatic carbocycles. The van der Waals surface area contributed by atoms with Gasteiger partial charge in [0.15, 0.2) is 0 Å². The maximum atomic E-state index is 5.67. The number of nitrogen functional groups attached to an aromatic ring is 1. The van der Waals surface area contributed by atoms with E-state index in [1.165, 1.54) is 0 Å². The zero-order valence-electron chi connectivity index (χ0n) is 6.33. The minimum atomic E-state index is 0.670. The number of nitrogens with two attached hydrogens (primary N) is 1. The van der Waals surface area contributed by atoms with Crippen LogP contribution in [0.2, 0.25) is 0 Å². The van der Waals surface area contributed by atoms with Gasteiger partial charge in [0.1, 0.15) is 10.2 Å². The highest BCUT2D eigenvalue weighted by Gasteiger charge is 2.11. The molecule has 1 rings (SSSR count). The van der Waals surface area contributed by atoms with Gasteiger partial charge in [-0.3, -0.25) is 5.73 Å². The molecule has 0 amide bonds. The average molecular weight is 281 g/mol. The van der Waals surface area contributed by atoms with Crippen LogP contribution < -0.4 is 10.7 Å². The minimum absolute atomic E-state index is 0.670. The van der Waals surface area contributed by atoms with Crippen molar-refractivity contribution in [3.63, 3.8) is 0 Å². The van der Waals surface area contributed by atoms with Crippen LogP contribution >= 0.6 is 31.9 Å². The van der Waals surface area contributed by atoms with Crippen molar-refractivity contribution < 1.29 is 4.98 Å². The Hall–Kier alpha value is -0.0900. The number of aryl methyl sites for hydroxylation is 1. The molecule has 0 spiro atoms. The van der Waals surface area contributed by atoms with Gasteiger partial charge in [-0.15, -0.1) is 0 Å². The topological polar surface area (TPSA) is 40.2 Å². The summed E-state index contributed by atoms with van der Waals surface area (Å²) in [7, 11) is 0. The zero-order chi connectivity index (χ0) is 8.59. The summed E-state index contributed by atoms with van der Waals surface area (Å²) in [6.45, 7) is 3.98. The van der Waals surface area contributed by atoms with E-state index >= 15 is 0 Å². The lowest BCUT2D eigenvalue weighted by Crippen LogP contribution is -2.16. The lowest BCUT2D eigenvalue weighted by molar-refractivity contribution is -0.371. The molecular formula is C7H9Br2N2+. The number of rotatable bonds is 0. The second kappa shape index (κ2) is 3.11. The summed E-state index contributed by atoms with van der Waals surface area (Å²) in [4.78, 5) is 3.03. The number of hydrogen-bond acceptors (Lipinski definition) is 1. The summed E-state index contributed by atoms with van der Waals surface area (Å²) in [6, 6.07) is 0. The normalized spacial score (nSPS) is 10.2. The Morgan fingerprint density at radius 2 is 1.73 bits per heavy atom. The van der Waals surface area contributed by atoms with Gasteiger partial charge in [0, 0.05) is 0 Å². The molecule has 0 aliphatic rings. The summed E-state index contributed by atoms with van der Waals surface area (Å²) in [5, 5.41) is 0. The van der Waals surface area contributed by atoms with Crippen LogP contribution in [-0.4, -0.2) is 0 Å². The summed E-state index contributed by atoms with van der Waals surface area (Å²) >= 11 is 6.83. The van der Waals surface area contributed by atoms with Crippen LogP contribution in [-0.2, 0) is 0 Å². The van der Waals surface area contributed by atoms with Gasteiger partial charge in [-0.05, 0) is 51.3 Å². The van der Waals surface area contributed by atoms with E-state index in [4.69, 9.17) is 5.73 Å². The third-order valence-electron chi connectivity index (χ3n) is 1.55. The molecule has 0 bridgehead atoms. The predicted octanol–water partition coefficient (Wildman–Crippen LogP) is 2.22. The third-order valence-corrected chi connectivity index (χ3v) is 3.76. The summed E-state index contributed by atoms with van der Waals surface area (Å²) < 4.78 is 1.99. The molecule has 11 heavy (non-hydrogen) atoms. The van der Waals surface area contributed by atoms with Crippen molar-refractivity contribution in [2.24, 2.45) is 0 Å². The van der Waals surface area contributed by atoms with Gasteiger partial charge >= 0.3 is 0 Å². The summed E-state index contributed by atoms with van der Waals surface area (Å²) in [5.41, 5.74) is 7.84. The highest BCUT2D eigenvalue weighted by atomic mass is 79.9.